The molecule has 0 radical (unpaired) electrons. The van der Waals surface area contributed by atoms with E-state index in [-0.39, 0.29) is 11.8 Å². The quantitative estimate of drug-likeness (QED) is 0.701. The highest BCUT2D eigenvalue weighted by atomic mass is 16.2. The Labute approximate surface area is 215 Å². The summed E-state index contributed by atoms with van der Waals surface area (Å²) in [6.07, 6.45) is 7.50. The number of likely N-dealkylation sites (tertiary alicyclic amines) is 1. The van der Waals surface area contributed by atoms with Crippen LogP contribution in [0.2, 0.25) is 0 Å². The van der Waals surface area contributed by atoms with Crippen molar-refractivity contribution in [2.24, 2.45) is 28.6 Å². The minimum atomic E-state index is 0.0128. The zero-order valence-corrected chi connectivity index (χ0v) is 22.1. The zero-order chi connectivity index (χ0) is 24.8. The van der Waals surface area contributed by atoms with Gasteiger partial charge in [-0.3, -0.25) is 14.5 Å². The number of carbonyl (C=O) groups excluding carboxylic acids is 2. The molecule has 194 valence electrons. The van der Waals surface area contributed by atoms with Crippen LogP contribution in [0.5, 0.6) is 0 Å². The standard InChI is InChI=1S/C29H41N5O2/c1-18-17-33(22-7-9-32(10-8-22)19(2)35)11-12-34(18)25-6-4-5-24(30-25)27(36)31-26-20-14-28(3)16-21-13-23(26)29(21,28)15-20/h4-6,18,20-23,26H,7-17H2,1-3H3,(H,31,36)/t18-,20?,21?,23?,26+,28+,29?/m1/s1. The van der Waals surface area contributed by atoms with E-state index in [0.29, 0.717) is 46.5 Å². The van der Waals surface area contributed by atoms with E-state index in [2.05, 4.69) is 35.0 Å². The highest BCUT2D eigenvalue weighted by Gasteiger charge is 2.81. The van der Waals surface area contributed by atoms with E-state index in [1.165, 1.54) is 25.7 Å². The molecule has 7 heteroatoms. The van der Waals surface area contributed by atoms with E-state index in [4.69, 9.17) is 4.98 Å². The number of fused-ring (bicyclic) bond motifs is 1. The molecule has 4 aliphatic carbocycles. The maximum Gasteiger partial charge on any atom is 0.270 e. The van der Waals surface area contributed by atoms with Gasteiger partial charge in [-0.25, -0.2) is 4.98 Å². The van der Waals surface area contributed by atoms with Crippen molar-refractivity contribution >= 4 is 17.6 Å². The summed E-state index contributed by atoms with van der Waals surface area (Å²) in [5.74, 6) is 3.42. The highest BCUT2D eigenvalue weighted by Crippen LogP contribution is 2.86. The van der Waals surface area contributed by atoms with E-state index in [9.17, 15) is 9.59 Å². The number of hydrogen-bond acceptors (Lipinski definition) is 5. The van der Waals surface area contributed by atoms with Gasteiger partial charge < -0.3 is 15.1 Å². The molecule has 1 N–H and O–H groups in total. The van der Waals surface area contributed by atoms with Crippen LogP contribution in [0.1, 0.15) is 69.8 Å². The van der Waals surface area contributed by atoms with Crippen molar-refractivity contribution in [1.82, 2.24) is 20.1 Å². The van der Waals surface area contributed by atoms with Gasteiger partial charge in [0.25, 0.3) is 5.91 Å². The fourth-order valence-corrected chi connectivity index (χ4v) is 10.0. The van der Waals surface area contributed by atoms with Gasteiger partial charge in [0.2, 0.25) is 5.91 Å². The molecule has 7 atom stereocenters. The number of aromatic nitrogens is 1. The van der Waals surface area contributed by atoms with Crippen molar-refractivity contribution < 1.29 is 9.59 Å². The van der Waals surface area contributed by atoms with Crippen LogP contribution in [0.4, 0.5) is 5.82 Å². The highest BCUT2D eigenvalue weighted by molar-refractivity contribution is 5.93. The Balaban J connectivity index is 0.983. The van der Waals surface area contributed by atoms with E-state index in [1.54, 1.807) is 6.92 Å². The van der Waals surface area contributed by atoms with Crippen molar-refractivity contribution in [3.63, 3.8) is 0 Å². The second-order valence-corrected chi connectivity index (χ2v) is 13.2. The number of amides is 2. The molecule has 2 aliphatic heterocycles. The Kier molecular flexibility index (Phi) is 5.06. The largest absolute Gasteiger partial charge is 0.351 e. The van der Waals surface area contributed by atoms with Gasteiger partial charge in [0, 0.05) is 57.8 Å². The summed E-state index contributed by atoms with van der Waals surface area (Å²) in [6, 6.07) is 7.18. The Morgan fingerprint density at radius 2 is 1.89 bits per heavy atom. The number of piperazine rings is 1. The molecule has 3 heterocycles. The predicted molar refractivity (Wildman–Crippen MR) is 139 cm³/mol. The van der Waals surface area contributed by atoms with Crippen LogP contribution in [0.15, 0.2) is 18.2 Å². The molecule has 6 fully saturated rings. The number of carbonyl (C=O) groups is 2. The monoisotopic (exact) mass is 491 g/mol. The van der Waals surface area contributed by atoms with Gasteiger partial charge in [0.15, 0.2) is 0 Å². The van der Waals surface area contributed by atoms with Gasteiger partial charge >= 0.3 is 0 Å². The zero-order valence-electron chi connectivity index (χ0n) is 22.1. The second kappa shape index (κ2) is 7.92. The van der Waals surface area contributed by atoms with Crippen molar-refractivity contribution in [1.29, 1.82) is 0 Å². The van der Waals surface area contributed by atoms with Gasteiger partial charge in [-0.05, 0) is 86.2 Å². The third-order valence-electron chi connectivity index (χ3n) is 11.6. The van der Waals surface area contributed by atoms with Crippen LogP contribution in [-0.2, 0) is 4.79 Å². The molecule has 1 aromatic heterocycles. The Morgan fingerprint density at radius 1 is 1.08 bits per heavy atom. The molecule has 0 aromatic carbocycles. The first-order valence-corrected chi connectivity index (χ1v) is 14.3. The van der Waals surface area contributed by atoms with E-state index in [0.717, 1.165) is 57.3 Å². The molecule has 1 aromatic rings. The first-order chi connectivity index (χ1) is 17.3. The van der Waals surface area contributed by atoms with Crippen molar-refractivity contribution in [3.05, 3.63) is 23.9 Å². The first-order valence-electron chi connectivity index (χ1n) is 14.3. The molecule has 2 amide bonds. The normalized spacial score (nSPS) is 41.5. The lowest BCUT2D eigenvalue weighted by atomic mass is 9.32. The predicted octanol–water partition coefficient (Wildman–Crippen LogP) is 3.16. The molecule has 7 nitrogen and oxygen atoms in total. The number of rotatable bonds is 4. The Bertz CT molecular complexity index is 1090. The molecule has 4 saturated carbocycles. The fourth-order valence-electron chi connectivity index (χ4n) is 10.0. The molecule has 2 saturated heterocycles. The average molecular weight is 492 g/mol. The third-order valence-corrected chi connectivity index (χ3v) is 11.6. The smallest absolute Gasteiger partial charge is 0.270 e. The van der Waals surface area contributed by atoms with Gasteiger partial charge in [0.1, 0.15) is 11.5 Å². The number of nitrogens with zero attached hydrogens (tertiary/aromatic N) is 4. The van der Waals surface area contributed by atoms with Crippen LogP contribution >= 0.6 is 0 Å². The molecular weight excluding hydrogens is 450 g/mol. The maximum absolute atomic E-state index is 13.3. The maximum atomic E-state index is 13.3. The number of nitrogens with one attached hydrogen (secondary N) is 1. The van der Waals surface area contributed by atoms with Gasteiger partial charge in [-0.1, -0.05) is 13.0 Å². The van der Waals surface area contributed by atoms with Crippen LogP contribution in [-0.4, -0.2) is 77.4 Å². The Morgan fingerprint density at radius 3 is 2.58 bits per heavy atom. The van der Waals surface area contributed by atoms with Gasteiger partial charge in [0.05, 0.1) is 0 Å². The lowest BCUT2D eigenvalue weighted by Gasteiger charge is -2.73. The molecule has 1 spiro atoms. The van der Waals surface area contributed by atoms with Crippen LogP contribution in [0, 0.1) is 28.6 Å². The van der Waals surface area contributed by atoms with E-state index < -0.39 is 0 Å². The van der Waals surface area contributed by atoms with Crippen LogP contribution < -0.4 is 10.2 Å². The number of anilines is 1. The van der Waals surface area contributed by atoms with E-state index in [1.807, 2.05) is 17.0 Å². The number of piperidine rings is 1. The molecule has 4 unspecified atom stereocenters. The van der Waals surface area contributed by atoms with Crippen molar-refractivity contribution in [2.75, 3.05) is 37.6 Å². The van der Waals surface area contributed by atoms with Crippen LogP contribution in [0.25, 0.3) is 0 Å². The summed E-state index contributed by atoms with van der Waals surface area (Å²) in [6.45, 7) is 11.1. The fraction of sp³-hybridized carbons (Fsp3) is 0.759. The number of hydrogen-bond donors (Lipinski definition) is 1. The summed E-state index contributed by atoms with van der Waals surface area (Å²) < 4.78 is 0. The SMILES string of the molecule is CC(=O)N1CCC(N2CCN(c3cccc(C(=O)N[C@H]4C5CC67C(CC46)C[C@]7(C)C5)n3)[C@H](C)C2)CC1. The summed E-state index contributed by atoms with van der Waals surface area (Å²) in [5, 5.41) is 3.46. The molecule has 36 heavy (non-hydrogen) atoms. The summed E-state index contributed by atoms with van der Waals surface area (Å²) in [7, 11) is 0. The lowest BCUT2D eigenvalue weighted by Crippen LogP contribution is -2.69. The van der Waals surface area contributed by atoms with E-state index >= 15 is 0 Å². The van der Waals surface area contributed by atoms with Crippen LogP contribution in [0.3, 0.4) is 0 Å². The lowest BCUT2D eigenvalue weighted by molar-refractivity contribution is -0.240. The third kappa shape index (κ3) is 3.10. The Hall–Kier alpha value is -2.15. The van der Waals surface area contributed by atoms with Crippen molar-refractivity contribution in [3.8, 4) is 0 Å². The number of pyridine rings is 1. The summed E-state index contributed by atoms with van der Waals surface area (Å²) >= 11 is 0. The minimum absolute atomic E-state index is 0.0128. The van der Waals surface area contributed by atoms with Gasteiger partial charge in [-0.15, -0.1) is 0 Å². The average Bonchev–Trinajstić information content (AvgIpc) is 3.31. The van der Waals surface area contributed by atoms with Gasteiger partial charge in [-0.2, -0.15) is 0 Å². The first kappa shape index (κ1) is 23.0. The summed E-state index contributed by atoms with van der Waals surface area (Å²) in [5.41, 5.74) is 1.68. The second-order valence-electron chi connectivity index (χ2n) is 13.2. The summed E-state index contributed by atoms with van der Waals surface area (Å²) in [4.78, 5) is 36.8. The topological polar surface area (TPSA) is 68.8 Å². The molecule has 6 aliphatic rings. The molecular formula is C29H41N5O2. The molecule has 7 rings (SSSR count). The minimum Gasteiger partial charge on any atom is -0.351 e. The molecule has 2 bridgehead atoms. The van der Waals surface area contributed by atoms with Crippen molar-refractivity contribution in [2.45, 2.75) is 77.4 Å².